The van der Waals surface area contributed by atoms with E-state index in [2.05, 4.69) is 15.3 Å². The molecule has 0 aliphatic heterocycles. The molecule has 4 aliphatic rings. The molecule has 0 unspecified atom stereocenters. The van der Waals surface area contributed by atoms with E-state index >= 15 is 4.39 Å². The number of sulfone groups is 1. The molecule has 4 fully saturated rings. The normalized spacial score (nSPS) is 25.0. The summed E-state index contributed by atoms with van der Waals surface area (Å²) in [6.07, 6.45) is 1.74. The Morgan fingerprint density at radius 3 is 2.26 bits per heavy atom. The smallest absolute Gasteiger partial charge is 0.351 e. The molecule has 50 heavy (non-hydrogen) atoms. The van der Waals surface area contributed by atoms with E-state index in [1.165, 1.54) is 35.9 Å². The number of aromatic nitrogens is 3. The Morgan fingerprint density at radius 1 is 0.940 bits per heavy atom. The highest BCUT2D eigenvalue weighted by Crippen LogP contribution is 2.72. The van der Waals surface area contributed by atoms with Crippen LogP contribution in [0.15, 0.2) is 53.6 Å². The van der Waals surface area contributed by atoms with Gasteiger partial charge >= 0.3 is 6.18 Å². The van der Waals surface area contributed by atoms with E-state index in [9.17, 15) is 34.4 Å². The minimum Gasteiger partial charge on any atom is -0.351 e. The first kappa shape index (κ1) is 35.0. The zero-order chi connectivity index (χ0) is 35.9. The van der Waals surface area contributed by atoms with Crippen LogP contribution in [-0.4, -0.2) is 54.2 Å². The van der Waals surface area contributed by atoms with Gasteiger partial charge in [0, 0.05) is 34.3 Å². The summed E-state index contributed by atoms with van der Waals surface area (Å²) in [6, 6.07) is 6.94. The second-order valence-corrected chi connectivity index (χ2v) is 19.0. The van der Waals surface area contributed by atoms with Gasteiger partial charge < -0.3 is 5.32 Å². The molecule has 8 rings (SSSR count). The maximum absolute atomic E-state index is 16.3. The fourth-order valence-electron chi connectivity index (χ4n) is 7.16. The van der Waals surface area contributed by atoms with Gasteiger partial charge in [-0.2, -0.15) is 13.2 Å². The molecule has 9 nitrogen and oxygen atoms in total. The lowest BCUT2D eigenvalue weighted by Gasteiger charge is -2.66. The monoisotopic (exact) mass is 773 g/mol. The van der Waals surface area contributed by atoms with Gasteiger partial charge in [0.05, 0.1) is 32.8 Å². The van der Waals surface area contributed by atoms with Gasteiger partial charge in [-0.05, 0) is 75.3 Å². The molecule has 2 N–H and O–H groups in total. The van der Waals surface area contributed by atoms with E-state index in [4.69, 9.17) is 16.6 Å². The van der Waals surface area contributed by atoms with Crippen molar-refractivity contribution in [3.8, 4) is 21.8 Å². The molecule has 2 bridgehead atoms. The molecule has 2 aromatic heterocycles. The predicted octanol–water partition coefficient (Wildman–Crippen LogP) is 7.55. The van der Waals surface area contributed by atoms with Crippen LogP contribution >= 0.6 is 22.9 Å². The molecule has 4 aromatic rings. The number of sulfonamides is 1. The molecule has 0 radical (unpaired) electrons. The number of nitrogens with one attached hydrogen (secondary N) is 2. The summed E-state index contributed by atoms with van der Waals surface area (Å²) in [5.41, 5.74) is -2.41. The molecule has 0 atom stereocenters. The fourth-order valence-corrected chi connectivity index (χ4v) is 11.6. The molecular weight excluding hydrogens is 745 g/mol. The molecule has 2 aromatic carbocycles. The highest BCUT2D eigenvalue weighted by molar-refractivity contribution is 7.92. The third-order valence-corrected chi connectivity index (χ3v) is 14.4. The molecule has 18 heteroatoms. The Morgan fingerprint density at radius 2 is 1.62 bits per heavy atom. The summed E-state index contributed by atoms with van der Waals surface area (Å²) >= 11 is 7.82. The first-order chi connectivity index (χ1) is 23.4. The third kappa shape index (κ3) is 6.34. The van der Waals surface area contributed by atoms with Gasteiger partial charge in [0.25, 0.3) is 10.0 Å². The van der Waals surface area contributed by atoms with E-state index in [-0.39, 0.29) is 33.5 Å². The van der Waals surface area contributed by atoms with Gasteiger partial charge in [-0.1, -0.05) is 12.1 Å². The fraction of sp³-hybridized carbons (Fsp3) is 0.406. The first-order valence-corrected chi connectivity index (χ1v) is 20.2. The molecule has 0 saturated heterocycles. The summed E-state index contributed by atoms with van der Waals surface area (Å²) < 4.78 is 124. The number of benzene rings is 2. The zero-order valence-electron chi connectivity index (χ0n) is 26.2. The summed E-state index contributed by atoms with van der Waals surface area (Å²) in [5, 5.41) is 3.55. The van der Waals surface area contributed by atoms with Gasteiger partial charge in [-0.15, -0.1) is 22.9 Å². The number of thiazole rings is 1. The van der Waals surface area contributed by atoms with Crippen LogP contribution in [0.1, 0.15) is 55.5 Å². The predicted molar refractivity (Wildman–Crippen MR) is 179 cm³/mol. The molecule has 0 spiro atoms. The minimum absolute atomic E-state index is 0.0742. The lowest BCUT2D eigenvalue weighted by atomic mass is 9.44. The number of nitrogens with zero attached hydrogens (tertiary/aromatic N) is 3. The molecule has 0 amide bonds. The van der Waals surface area contributed by atoms with Crippen molar-refractivity contribution >= 4 is 54.4 Å². The van der Waals surface area contributed by atoms with Crippen LogP contribution in [0.25, 0.3) is 21.8 Å². The summed E-state index contributed by atoms with van der Waals surface area (Å²) in [4.78, 5) is 12.3. The van der Waals surface area contributed by atoms with Crippen molar-refractivity contribution in [2.75, 3.05) is 16.3 Å². The van der Waals surface area contributed by atoms with Crippen molar-refractivity contribution in [2.24, 2.45) is 0 Å². The standard InChI is InChI=1S/C32H29ClF5N5O4S3/c1-49(44,45)18-10-8-17(9-11-18)40-29-39-13-12-23(41-29)26-25(42-28(48-26)30-14-31(33,15-30)16-30)19-4-2-7-22(24(19)35)43-50(46,47)27-20(32(36,37)38)5-3-6-21(27)34/h2-7,12-13,17-18,43H,8-11,14-16H2,1H3,(H,39,40,41)/t17-,18+,30?,31?. The minimum atomic E-state index is -5.27. The van der Waals surface area contributed by atoms with E-state index in [1.54, 1.807) is 10.8 Å². The van der Waals surface area contributed by atoms with Crippen molar-refractivity contribution < 1.29 is 38.8 Å². The van der Waals surface area contributed by atoms with E-state index in [0.29, 0.717) is 72.7 Å². The summed E-state index contributed by atoms with van der Waals surface area (Å²) in [7, 11) is -8.41. The van der Waals surface area contributed by atoms with Crippen LogP contribution in [0.4, 0.5) is 33.6 Å². The SMILES string of the molecule is CS(=O)(=O)[C@H]1CC[C@@H](Nc2nccc(-c3sc(C45CC(Cl)(C4)C5)nc3-c3cccc(NS(=O)(=O)c4c(F)cccc4C(F)(F)F)c3F)n2)CC1. The van der Waals surface area contributed by atoms with Gasteiger partial charge in [0.2, 0.25) is 5.95 Å². The largest absolute Gasteiger partial charge is 0.417 e. The molecule has 266 valence electrons. The van der Waals surface area contributed by atoms with E-state index < -0.39 is 59.1 Å². The lowest BCUT2D eigenvalue weighted by molar-refractivity contribution is -0.140. The Hall–Kier alpha value is -3.41. The number of hydrogen-bond acceptors (Lipinski definition) is 9. The quantitative estimate of drug-likeness (QED) is 0.132. The van der Waals surface area contributed by atoms with Gasteiger partial charge in [-0.25, -0.2) is 40.6 Å². The highest BCUT2D eigenvalue weighted by Gasteiger charge is 2.69. The van der Waals surface area contributed by atoms with Gasteiger partial charge in [0.15, 0.2) is 5.82 Å². The van der Waals surface area contributed by atoms with Gasteiger partial charge in [-0.3, -0.25) is 4.72 Å². The number of anilines is 2. The maximum atomic E-state index is 16.3. The first-order valence-electron chi connectivity index (χ1n) is 15.5. The van der Waals surface area contributed by atoms with Crippen molar-refractivity contribution in [1.82, 2.24) is 15.0 Å². The average Bonchev–Trinajstić information content (AvgIpc) is 3.44. The van der Waals surface area contributed by atoms with Gasteiger partial charge in [0.1, 0.15) is 25.6 Å². The van der Waals surface area contributed by atoms with Crippen LogP contribution in [0.5, 0.6) is 0 Å². The molecular formula is C32H29ClF5N5O4S3. The Labute approximate surface area is 293 Å². The summed E-state index contributed by atoms with van der Waals surface area (Å²) in [5.74, 6) is -2.52. The van der Waals surface area contributed by atoms with Crippen LogP contribution in [0.3, 0.4) is 0 Å². The van der Waals surface area contributed by atoms with Crippen LogP contribution in [0, 0.1) is 11.6 Å². The van der Waals surface area contributed by atoms with E-state index in [0.717, 1.165) is 12.1 Å². The van der Waals surface area contributed by atoms with Crippen LogP contribution in [0.2, 0.25) is 0 Å². The second kappa shape index (κ2) is 12.1. The molecule has 4 aliphatic carbocycles. The third-order valence-electron chi connectivity index (χ3n) is 9.59. The van der Waals surface area contributed by atoms with Crippen LogP contribution < -0.4 is 10.0 Å². The highest BCUT2D eigenvalue weighted by atomic mass is 35.5. The second-order valence-electron chi connectivity index (χ2n) is 13.3. The Balaban J connectivity index is 1.24. The van der Waals surface area contributed by atoms with Crippen molar-refractivity contribution in [1.29, 1.82) is 0 Å². The zero-order valence-corrected chi connectivity index (χ0v) is 29.4. The summed E-state index contributed by atoms with van der Waals surface area (Å²) in [6.45, 7) is 0. The number of hydrogen-bond donors (Lipinski definition) is 2. The molecule has 4 saturated carbocycles. The maximum Gasteiger partial charge on any atom is 0.417 e. The lowest BCUT2D eigenvalue weighted by Crippen LogP contribution is -2.66. The van der Waals surface area contributed by atoms with Crippen molar-refractivity contribution in [3.05, 3.63) is 70.9 Å². The molecule has 2 heterocycles. The average molecular weight is 774 g/mol. The van der Waals surface area contributed by atoms with Crippen molar-refractivity contribution in [3.63, 3.8) is 0 Å². The van der Waals surface area contributed by atoms with E-state index in [1.807, 2.05) is 0 Å². The topological polar surface area (TPSA) is 131 Å². The van der Waals surface area contributed by atoms with Crippen molar-refractivity contribution in [2.45, 2.75) is 77.6 Å². The number of alkyl halides is 4. The number of halogens is 6. The number of rotatable bonds is 9. The van der Waals surface area contributed by atoms with Crippen LogP contribution in [-0.2, 0) is 31.5 Å². The Bertz CT molecular complexity index is 2200. The Kier molecular flexibility index (Phi) is 8.47.